The third kappa shape index (κ3) is 10.7. The largest absolute Gasteiger partial charge is 0.383 e. The Kier molecular flexibility index (Phi) is 11.5. The molecule has 0 fully saturated rings. The lowest BCUT2D eigenvalue weighted by Crippen LogP contribution is -2.49. The van der Waals surface area contributed by atoms with Gasteiger partial charge in [0.05, 0.1) is 6.61 Å². The van der Waals surface area contributed by atoms with Crippen LogP contribution in [0, 0.1) is 0 Å². The third-order valence-electron chi connectivity index (χ3n) is 2.30. The second-order valence-corrected chi connectivity index (χ2v) is 4.36. The molecule has 0 aliphatic heterocycles. The molecule has 0 rings (SSSR count). The molecule has 0 aromatic carbocycles. The van der Waals surface area contributed by atoms with Crippen molar-refractivity contribution in [3.8, 4) is 0 Å². The molecule has 6 nitrogen and oxygen atoms in total. The fourth-order valence-electron chi connectivity index (χ4n) is 1.26. The van der Waals surface area contributed by atoms with E-state index in [0.717, 1.165) is 19.6 Å². The summed E-state index contributed by atoms with van der Waals surface area (Å²) in [5.74, 6) is -0.101. The van der Waals surface area contributed by atoms with Gasteiger partial charge in [-0.05, 0) is 32.5 Å². The lowest BCUT2D eigenvalue weighted by Gasteiger charge is -2.16. The Hall–Kier alpha value is -0.920. The first-order valence-electron chi connectivity index (χ1n) is 6.50. The monoisotopic (exact) mass is 291 g/mol. The van der Waals surface area contributed by atoms with Gasteiger partial charge in [-0.1, -0.05) is 0 Å². The lowest BCUT2D eigenvalue weighted by atomic mass is 10.3. The number of carbonyl (C=O) groups excluding carboxylic acids is 1. The second kappa shape index (κ2) is 12.1. The smallest absolute Gasteiger partial charge is 0.242 e. The molecule has 1 amide bonds. The number of methoxy groups -OCH3 is 1. The third-order valence-corrected chi connectivity index (χ3v) is 2.56. The first kappa shape index (κ1) is 18.1. The van der Waals surface area contributed by atoms with Crippen molar-refractivity contribution in [1.29, 1.82) is 0 Å². The number of carbonyl (C=O) groups is 1. The molecule has 19 heavy (non-hydrogen) atoms. The fraction of sp³-hybridized carbons (Fsp3) is 0.833. The molecule has 0 aromatic heterocycles. The molecule has 0 heterocycles. The Balaban J connectivity index is 3.64. The van der Waals surface area contributed by atoms with Gasteiger partial charge < -0.3 is 25.4 Å². The molecule has 0 aliphatic rings. The fourth-order valence-corrected chi connectivity index (χ4v) is 1.54. The van der Waals surface area contributed by atoms with E-state index in [0.29, 0.717) is 24.9 Å². The van der Waals surface area contributed by atoms with Crippen LogP contribution >= 0.6 is 12.2 Å². The summed E-state index contributed by atoms with van der Waals surface area (Å²) in [6.07, 6.45) is 0.879. The molecule has 0 saturated heterocycles. The maximum atomic E-state index is 11.6. The van der Waals surface area contributed by atoms with Gasteiger partial charge in [0.25, 0.3) is 0 Å². The van der Waals surface area contributed by atoms with Gasteiger partial charge in [-0.2, -0.15) is 0 Å². The van der Waals surface area contributed by atoms with Crippen LogP contribution in [0.4, 0.5) is 0 Å². The van der Waals surface area contributed by atoms with Crippen molar-refractivity contribution in [3.05, 3.63) is 0 Å². The Morgan fingerprint density at radius 3 is 2.63 bits per heavy atom. The molecule has 0 aromatic rings. The van der Waals surface area contributed by atoms with Crippen molar-refractivity contribution in [2.45, 2.75) is 26.3 Å². The van der Waals surface area contributed by atoms with Gasteiger partial charge in [0.2, 0.25) is 5.91 Å². The van der Waals surface area contributed by atoms with E-state index in [2.05, 4.69) is 16.0 Å². The highest BCUT2D eigenvalue weighted by molar-refractivity contribution is 7.80. The number of rotatable bonds is 10. The van der Waals surface area contributed by atoms with Gasteiger partial charge in [0.1, 0.15) is 6.04 Å². The molecular weight excluding hydrogens is 266 g/mol. The molecule has 1 unspecified atom stereocenters. The van der Waals surface area contributed by atoms with Crippen LogP contribution in [0.3, 0.4) is 0 Å². The maximum absolute atomic E-state index is 11.6. The predicted molar refractivity (Wildman–Crippen MR) is 79.2 cm³/mol. The molecule has 0 radical (unpaired) electrons. The Morgan fingerprint density at radius 2 is 2.00 bits per heavy atom. The SMILES string of the molecule is CCOCCCNC(=S)NC(C)C(=O)NCCOC. The Bertz CT molecular complexity index is 265. The molecule has 0 saturated carbocycles. The summed E-state index contributed by atoms with van der Waals surface area (Å²) in [6.45, 7) is 6.87. The quantitative estimate of drug-likeness (QED) is 0.390. The molecule has 1 atom stereocenters. The van der Waals surface area contributed by atoms with Crippen LogP contribution in [-0.4, -0.2) is 57.1 Å². The molecule has 112 valence electrons. The number of amides is 1. The van der Waals surface area contributed by atoms with Crippen LogP contribution in [0.2, 0.25) is 0 Å². The first-order chi connectivity index (χ1) is 9.11. The van der Waals surface area contributed by atoms with Crippen LogP contribution in [0.1, 0.15) is 20.3 Å². The zero-order valence-electron chi connectivity index (χ0n) is 12.0. The number of hydrogen-bond donors (Lipinski definition) is 3. The summed E-state index contributed by atoms with van der Waals surface area (Å²) < 4.78 is 10.1. The van der Waals surface area contributed by atoms with E-state index in [1.807, 2.05) is 6.92 Å². The average molecular weight is 291 g/mol. The molecule has 0 spiro atoms. The zero-order valence-corrected chi connectivity index (χ0v) is 12.8. The normalized spacial score (nSPS) is 11.7. The van der Waals surface area contributed by atoms with Crippen molar-refractivity contribution < 1.29 is 14.3 Å². The van der Waals surface area contributed by atoms with E-state index < -0.39 is 0 Å². The summed E-state index contributed by atoms with van der Waals surface area (Å²) in [5, 5.41) is 9.17. The number of nitrogens with one attached hydrogen (secondary N) is 3. The second-order valence-electron chi connectivity index (χ2n) is 3.96. The topological polar surface area (TPSA) is 71.6 Å². The van der Waals surface area contributed by atoms with Crippen molar-refractivity contribution in [3.63, 3.8) is 0 Å². The van der Waals surface area contributed by atoms with Gasteiger partial charge >= 0.3 is 0 Å². The Morgan fingerprint density at radius 1 is 1.26 bits per heavy atom. The van der Waals surface area contributed by atoms with Crippen LogP contribution in [0.25, 0.3) is 0 Å². The first-order valence-corrected chi connectivity index (χ1v) is 6.91. The van der Waals surface area contributed by atoms with Crippen LogP contribution < -0.4 is 16.0 Å². The highest BCUT2D eigenvalue weighted by atomic mass is 32.1. The maximum Gasteiger partial charge on any atom is 0.242 e. The minimum atomic E-state index is -0.372. The van der Waals surface area contributed by atoms with Gasteiger partial charge in [-0.15, -0.1) is 0 Å². The van der Waals surface area contributed by atoms with Crippen LogP contribution in [0.5, 0.6) is 0 Å². The van der Waals surface area contributed by atoms with Gasteiger partial charge in [0.15, 0.2) is 5.11 Å². The van der Waals surface area contributed by atoms with Crippen molar-refractivity contribution in [2.24, 2.45) is 0 Å². The van der Waals surface area contributed by atoms with Crippen molar-refractivity contribution in [2.75, 3.05) is 40.0 Å². The number of hydrogen-bond acceptors (Lipinski definition) is 4. The van der Waals surface area contributed by atoms with Crippen LogP contribution in [0.15, 0.2) is 0 Å². The lowest BCUT2D eigenvalue weighted by molar-refractivity contribution is -0.122. The molecule has 7 heteroatoms. The summed E-state index contributed by atoms with van der Waals surface area (Å²) in [7, 11) is 1.59. The molecule has 3 N–H and O–H groups in total. The summed E-state index contributed by atoms with van der Waals surface area (Å²) in [5.41, 5.74) is 0. The highest BCUT2D eigenvalue weighted by Gasteiger charge is 2.12. The standard InChI is InChI=1S/C12H25N3O3S/c1-4-18-8-5-6-14-12(19)15-10(2)11(16)13-7-9-17-3/h10H,4-9H2,1-3H3,(H,13,16)(H2,14,15,19). The van der Waals surface area contributed by atoms with Gasteiger partial charge in [0, 0.05) is 33.4 Å². The van der Waals surface area contributed by atoms with E-state index in [1.165, 1.54) is 0 Å². The molecule has 0 aliphatic carbocycles. The van der Waals surface area contributed by atoms with Crippen LogP contribution in [-0.2, 0) is 14.3 Å². The summed E-state index contributed by atoms with van der Waals surface area (Å²) in [4.78, 5) is 11.6. The zero-order chi connectivity index (χ0) is 14.5. The average Bonchev–Trinajstić information content (AvgIpc) is 2.38. The summed E-state index contributed by atoms with van der Waals surface area (Å²) >= 11 is 5.10. The summed E-state index contributed by atoms with van der Waals surface area (Å²) in [6, 6.07) is -0.372. The van der Waals surface area contributed by atoms with Gasteiger partial charge in [-0.3, -0.25) is 4.79 Å². The van der Waals surface area contributed by atoms with E-state index in [4.69, 9.17) is 21.7 Å². The van der Waals surface area contributed by atoms with E-state index in [9.17, 15) is 4.79 Å². The highest BCUT2D eigenvalue weighted by Crippen LogP contribution is 1.84. The minimum absolute atomic E-state index is 0.101. The number of ether oxygens (including phenoxy) is 2. The molecular formula is C12H25N3O3S. The van der Waals surface area contributed by atoms with Gasteiger partial charge in [-0.25, -0.2) is 0 Å². The predicted octanol–water partition coefficient (Wildman–Crippen LogP) is 0.0282. The molecule has 0 bridgehead atoms. The van der Waals surface area contributed by atoms with E-state index in [1.54, 1.807) is 14.0 Å². The van der Waals surface area contributed by atoms with E-state index >= 15 is 0 Å². The Labute approximate surface area is 120 Å². The number of thiocarbonyl (C=S) groups is 1. The van der Waals surface area contributed by atoms with Crippen molar-refractivity contribution in [1.82, 2.24) is 16.0 Å². The minimum Gasteiger partial charge on any atom is -0.383 e. The van der Waals surface area contributed by atoms with Crippen molar-refractivity contribution >= 4 is 23.2 Å². The van der Waals surface area contributed by atoms with E-state index in [-0.39, 0.29) is 11.9 Å².